The average Bonchev–Trinajstić information content (AvgIpc) is 2.47. The van der Waals surface area contributed by atoms with E-state index in [1.807, 2.05) is 30.3 Å². The molecule has 2 aromatic carbocycles. The summed E-state index contributed by atoms with van der Waals surface area (Å²) in [6.45, 7) is 4.45. The van der Waals surface area contributed by atoms with Crippen LogP contribution in [-0.4, -0.2) is 5.91 Å². The van der Waals surface area contributed by atoms with E-state index in [-0.39, 0.29) is 18.3 Å². The van der Waals surface area contributed by atoms with Crippen molar-refractivity contribution in [1.29, 1.82) is 0 Å². The molecule has 0 heterocycles. The molecule has 1 amide bonds. The van der Waals surface area contributed by atoms with Gasteiger partial charge in [0.25, 0.3) is 0 Å². The minimum atomic E-state index is 0. The second-order valence-corrected chi connectivity index (χ2v) is 5.83. The minimum Gasteiger partial charge on any atom is -0.326 e. The fourth-order valence-corrected chi connectivity index (χ4v) is 2.32. The van der Waals surface area contributed by atoms with Crippen molar-refractivity contribution in [2.24, 2.45) is 5.92 Å². The van der Waals surface area contributed by atoms with E-state index in [1.54, 1.807) is 0 Å². The van der Waals surface area contributed by atoms with Gasteiger partial charge in [-0.2, -0.15) is 0 Å². The normalized spacial score (nSPS) is 10.1. The van der Waals surface area contributed by atoms with Crippen molar-refractivity contribution in [2.45, 2.75) is 33.1 Å². The molecule has 0 aliphatic carbocycles. The molecular formula is C19H24ClNO. The topological polar surface area (TPSA) is 29.1 Å². The number of carbonyl (C=O) groups is 1. The quantitative estimate of drug-likeness (QED) is 0.808. The van der Waals surface area contributed by atoms with Crippen molar-refractivity contribution in [3.05, 3.63) is 65.7 Å². The summed E-state index contributed by atoms with van der Waals surface area (Å²) in [6, 6.07) is 18.2. The SMILES string of the molecule is CC(C)Cc1ccc(CCC(=O)Nc2ccccc2)cc1.Cl. The number of amides is 1. The Kier molecular flexibility index (Phi) is 7.69. The van der Waals surface area contributed by atoms with E-state index in [0.29, 0.717) is 12.3 Å². The van der Waals surface area contributed by atoms with Gasteiger partial charge >= 0.3 is 0 Å². The second kappa shape index (κ2) is 9.26. The first-order valence-corrected chi connectivity index (χ1v) is 7.56. The molecule has 0 radical (unpaired) electrons. The summed E-state index contributed by atoms with van der Waals surface area (Å²) in [6.07, 6.45) is 2.40. The number of nitrogens with one attached hydrogen (secondary N) is 1. The van der Waals surface area contributed by atoms with Gasteiger partial charge in [0.05, 0.1) is 0 Å². The van der Waals surface area contributed by atoms with Crippen LogP contribution in [0.4, 0.5) is 5.69 Å². The fraction of sp³-hybridized carbons (Fsp3) is 0.316. The predicted octanol–water partition coefficient (Wildman–Crippen LogP) is 4.88. The Labute approximate surface area is 139 Å². The Morgan fingerprint density at radius 3 is 2.14 bits per heavy atom. The molecule has 1 N–H and O–H groups in total. The molecule has 0 bridgehead atoms. The van der Waals surface area contributed by atoms with Crippen LogP contribution in [0.5, 0.6) is 0 Å². The predicted molar refractivity (Wildman–Crippen MR) is 95.6 cm³/mol. The lowest BCUT2D eigenvalue weighted by atomic mass is 10.0. The lowest BCUT2D eigenvalue weighted by molar-refractivity contribution is -0.116. The molecule has 0 saturated carbocycles. The summed E-state index contributed by atoms with van der Waals surface area (Å²) in [5.41, 5.74) is 3.43. The van der Waals surface area contributed by atoms with Crippen LogP contribution in [0.1, 0.15) is 31.4 Å². The lowest BCUT2D eigenvalue weighted by Gasteiger charge is -2.07. The molecule has 0 aromatic heterocycles. The molecule has 118 valence electrons. The van der Waals surface area contributed by atoms with Crippen LogP contribution in [0, 0.1) is 5.92 Å². The molecule has 22 heavy (non-hydrogen) atoms. The zero-order valence-corrected chi connectivity index (χ0v) is 14.0. The van der Waals surface area contributed by atoms with Gasteiger partial charge in [-0.3, -0.25) is 4.79 Å². The zero-order chi connectivity index (χ0) is 15.1. The number of rotatable bonds is 6. The smallest absolute Gasteiger partial charge is 0.224 e. The number of para-hydroxylation sites is 1. The summed E-state index contributed by atoms with van der Waals surface area (Å²) in [7, 11) is 0. The van der Waals surface area contributed by atoms with Crippen molar-refractivity contribution in [2.75, 3.05) is 5.32 Å². The summed E-state index contributed by atoms with van der Waals surface area (Å²) in [5.74, 6) is 0.736. The highest BCUT2D eigenvalue weighted by atomic mass is 35.5. The third-order valence-corrected chi connectivity index (χ3v) is 3.37. The van der Waals surface area contributed by atoms with E-state index >= 15 is 0 Å². The van der Waals surface area contributed by atoms with Crippen LogP contribution < -0.4 is 5.32 Å². The van der Waals surface area contributed by atoms with Crippen molar-refractivity contribution in [3.63, 3.8) is 0 Å². The van der Waals surface area contributed by atoms with Gasteiger partial charge < -0.3 is 5.32 Å². The Morgan fingerprint density at radius 1 is 0.955 bits per heavy atom. The van der Waals surface area contributed by atoms with Crippen molar-refractivity contribution >= 4 is 24.0 Å². The van der Waals surface area contributed by atoms with Crippen LogP contribution in [0.2, 0.25) is 0 Å². The molecule has 3 heteroatoms. The van der Waals surface area contributed by atoms with Gasteiger partial charge in [-0.05, 0) is 42.0 Å². The van der Waals surface area contributed by atoms with Crippen molar-refractivity contribution in [1.82, 2.24) is 0 Å². The summed E-state index contributed by atoms with van der Waals surface area (Å²) < 4.78 is 0. The molecule has 0 fully saturated rings. The van der Waals surface area contributed by atoms with Gasteiger partial charge in [0.15, 0.2) is 0 Å². The van der Waals surface area contributed by atoms with Gasteiger partial charge in [-0.15, -0.1) is 12.4 Å². The van der Waals surface area contributed by atoms with E-state index in [1.165, 1.54) is 11.1 Å². The molecule has 0 aliphatic heterocycles. The number of carbonyl (C=O) groups excluding carboxylic acids is 1. The Balaban J connectivity index is 0.00000242. The maximum Gasteiger partial charge on any atom is 0.224 e. The number of anilines is 1. The van der Waals surface area contributed by atoms with Crippen LogP contribution in [-0.2, 0) is 17.6 Å². The molecule has 0 saturated heterocycles. The van der Waals surface area contributed by atoms with Gasteiger partial charge in [0, 0.05) is 12.1 Å². The molecule has 2 aromatic rings. The van der Waals surface area contributed by atoms with Gasteiger partial charge in [-0.1, -0.05) is 56.3 Å². The van der Waals surface area contributed by atoms with E-state index in [2.05, 4.69) is 43.4 Å². The molecule has 2 rings (SSSR count). The average molecular weight is 318 g/mol. The first-order valence-electron chi connectivity index (χ1n) is 7.56. The van der Waals surface area contributed by atoms with E-state index in [9.17, 15) is 4.79 Å². The zero-order valence-electron chi connectivity index (χ0n) is 13.2. The molecular weight excluding hydrogens is 294 g/mol. The number of hydrogen-bond acceptors (Lipinski definition) is 1. The van der Waals surface area contributed by atoms with Gasteiger partial charge in [-0.25, -0.2) is 0 Å². The third-order valence-electron chi connectivity index (χ3n) is 3.37. The summed E-state index contributed by atoms with van der Waals surface area (Å²) in [5, 5.41) is 2.91. The third kappa shape index (κ3) is 6.31. The van der Waals surface area contributed by atoms with Crippen molar-refractivity contribution < 1.29 is 4.79 Å². The lowest BCUT2D eigenvalue weighted by Crippen LogP contribution is -2.12. The van der Waals surface area contributed by atoms with Crippen LogP contribution in [0.25, 0.3) is 0 Å². The molecule has 0 spiro atoms. The van der Waals surface area contributed by atoms with Crippen molar-refractivity contribution in [3.8, 4) is 0 Å². The van der Waals surface area contributed by atoms with E-state index in [4.69, 9.17) is 0 Å². The van der Waals surface area contributed by atoms with Crippen LogP contribution in [0.15, 0.2) is 54.6 Å². The molecule has 0 unspecified atom stereocenters. The first-order chi connectivity index (χ1) is 10.1. The van der Waals surface area contributed by atoms with Gasteiger partial charge in [0.1, 0.15) is 0 Å². The maximum atomic E-state index is 11.9. The fourth-order valence-electron chi connectivity index (χ4n) is 2.32. The molecule has 2 nitrogen and oxygen atoms in total. The monoisotopic (exact) mass is 317 g/mol. The van der Waals surface area contributed by atoms with E-state index < -0.39 is 0 Å². The summed E-state index contributed by atoms with van der Waals surface area (Å²) >= 11 is 0. The highest BCUT2D eigenvalue weighted by Gasteiger charge is 2.03. The Morgan fingerprint density at radius 2 is 1.55 bits per heavy atom. The van der Waals surface area contributed by atoms with Crippen LogP contribution >= 0.6 is 12.4 Å². The molecule has 0 aliphatic rings. The number of halogens is 1. The Hall–Kier alpha value is -1.80. The van der Waals surface area contributed by atoms with Gasteiger partial charge in [0.2, 0.25) is 5.91 Å². The number of benzene rings is 2. The minimum absolute atomic E-state index is 0. The highest BCUT2D eigenvalue weighted by Crippen LogP contribution is 2.12. The Bertz CT molecular complexity index is 564. The number of hydrogen-bond donors (Lipinski definition) is 1. The number of aryl methyl sites for hydroxylation is 1. The highest BCUT2D eigenvalue weighted by molar-refractivity contribution is 5.90. The standard InChI is InChI=1S/C19H23NO.ClH/c1-15(2)14-17-10-8-16(9-11-17)12-13-19(21)20-18-6-4-3-5-7-18;/h3-11,15H,12-14H2,1-2H3,(H,20,21);1H. The first kappa shape index (κ1) is 18.2. The second-order valence-electron chi connectivity index (χ2n) is 5.83. The summed E-state index contributed by atoms with van der Waals surface area (Å²) in [4.78, 5) is 11.9. The largest absolute Gasteiger partial charge is 0.326 e. The maximum absolute atomic E-state index is 11.9. The van der Waals surface area contributed by atoms with Crippen LogP contribution in [0.3, 0.4) is 0 Å². The van der Waals surface area contributed by atoms with E-state index in [0.717, 1.165) is 18.5 Å². The molecule has 0 atom stereocenters.